The van der Waals surface area contributed by atoms with Crippen molar-refractivity contribution in [3.8, 4) is 5.75 Å². The molecule has 3 atom stereocenters. The average molecular weight is 330 g/mol. The van der Waals surface area contributed by atoms with Crippen LogP contribution in [0.1, 0.15) is 12.8 Å². The first-order chi connectivity index (χ1) is 11.8. The maximum atomic E-state index is 12.6. The lowest BCUT2D eigenvalue weighted by molar-refractivity contribution is -0.132. The van der Waals surface area contributed by atoms with Crippen molar-refractivity contribution in [2.75, 3.05) is 45.9 Å². The third kappa shape index (κ3) is 3.42. The molecule has 5 nitrogen and oxygen atoms in total. The molecule has 0 bridgehead atoms. The van der Waals surface area contributed by atoms with E-state index in [0.29, 0.717) is 18.4 Å². The number of para-hydroxylation sites is 1. The standard InChI is InChI=1S/C19H26N2O3/c22-19(14-20-8-10-23-11-9-20)21-12-15-6-7-18(17(15)13-21)24-16-4-2-1-3-5-16/h1-5,15,17-18H,6-14H2/t15-,17+,18-/m0/s1. The van der Waals surface area contributed by atoms with Crippen molar-refractivity contribution in [1.29, 1.82) is 0 Å². The van der Waals surface area contributed by atoms with Crippen molar-refractivity contribution in [3.63, 3.8) is 0 Å². The summed E-state index contributed by atoms with van der Waals surface area (Å²) >= 11 is 0. The number of carbonyl (C=O) groups excluding carboxylic acids is 1. The Bertz CT molecular complexity index is 559. The Morgan fingerprint density at radius 1 is 1.12 bits per heavy atom. The summed E-state index contributed by atoms with van der Waals surface area (Å²) in [4.78, 5) is 16.9. The van der Waals surface area contributed by atoms with Crippen LogP contribution < -0.4 is 4.74 Å². The minimum atomic E-state index is 0.249. The molecule has 5 heteroatoms. The summed E-state index contributed by atoms with van der Waals surface area (Å²) in [6.07, 6.45) is 2.53. The Hall–Kier alpha value is -1.59. The van der Waals surface area contributed by atoms with E-state index < -0.39 is 0 Å². The highest BCUT2D eigenvalue weighted by Crippen LogP contribution is 2.40. The molecule has 0 aromatic heterocycles. The first-order valence-corrected chi connectivity index (χ1v) is 9.09. The molecule has 130 valence electrons. The highest BCUT2D eigenvalue weighted by molar-refractivity contribution is 5.78. The second kappa shape index (κ2) is 7.11. The molecule has 0 unspecified atom stereocenters. The summed E-state index contributed by atoms with van der Waals surface area (Å²) in [6.45, 7) is 5.51. The monoisotopic (exact) mass is 330 g/mol. The Labute approximate surface area is 143 Å². The van der Waals surface area contributed by atoms with Gasteiger partial charge in [-0.3, -0.25) is 9.69 Å². The molecule has 2 heterocycles. The van der Waals surface area contributed by atoms with Gasteiger partial charge in [0.1, 0.15) is 11.9 Å². The van der Waals surface area contributed by atoms with Crippen LogP contribution in [-0.4, -0.2) is 67.7 Å². The van der Waals surface area contributed by atoms with Crippen LogP contribution in [0.15, 0.2) is 30.3 Å². The van der Waals surface area contributed by atoms with Gasteiger partial charge in [-0.2, -0.15) is 0 Å². The van der Waals surface area contributed by atoms with Gasteiger partial charge in [0.2, 0.25) is 5.91 Å². The highest BCUT2D eigenvalue weighted by Gasteiger charge is 2.45. The fraction of sp³-hybridized carbons (Fsp3) is 0.632. The number of hydrogen-bond acceptors (Lipinski definition) is 4. The van der Waals surface area contributed by atoms with Gasteiger partial charge in [-0.15, -0.1) is 0 Å². The minimum absolute atomic E-state index is 0.249. The minimum Gasteiger partial charge on any atom is -0.490 e. The summed E-state index contributed by atoms with van der Waals surface area (Å²) in [5.41, 5.74) is 0. The number of amides is 1. The van der Waals surface area contributed by atoms with Gasteiger partial charge in [0.25, 0.3) is 0 Å². The molecule has 1 aliphatic carbocycles. The number of likely N-dealkylation sites (tertiary alicyclic amines) is 1. The Morgan fingerprint density at radius 2 is 1.92 bits per heavy atom. The van der Waals surface area contributed by atoms with E-state index in [4.69, 9.17) is 9.47 Å². The second-order valence-corrected chi connectivity index (χ2v) is 7.16. The predicted molar refractivity (Wildman–Crippen MR) is 90.9 cm³/mol. The summed E-state index contributed by atoms with van der Waals surface area (Å²) < 4.78 is 11.6. The topological polar surface area (TPSA) is 42.0 Å². The molecule has 1 aromatic rings. The SMILES string of the molecule is O=C(CN1CCOCC1)N1C[C@@H]2CC[C@H](Oc3ccccc3)[C@@H]2C1. The van der Waals surface area contributed by atoms with Gasteiger partial charge in [0.15, 0.2) is 0 Å². The van der Waals surface area contributed by atoms with Crippen molar-refractivity contribution in [2.45, 2.75) is 18.9 Å². The second-order valence-electron chi connectivity index (χ2n) is 7.16. The molecule has 1 aromatic carbocycles. The molecule has 0 N–H and O–H groups in total. The number of fused-ring (bicyclic) bond motifs is 1. The highest BCUT2D eigenvalue weighted by atomic mass is 16.5. The van der Waals surface area contributed by atoms with Crippen LogP contribution >= 0.6 is 0 Å². The zero-order chi connectivity index (χ0) is 16.4. The number of rotatable bonds is 4. The predicted octanol–water partition coefficient (Wildman–Crippen LogP) is 1.63. The zero-order valence-electron chi connectivity index (χ0n) is 14.1. The zero-order valence-corrected chi connectivity index (χ0v) is 14.1. The normalized spacial score (nSPS) is 30.3. The quantitative estimate of drug-likeness (QED) is 0.842. The molecule has 1 amide bonds. The van der Waals surface area contributed by atoms with E-state index in [2.05, 4.69) is 9.80 Å². The molecule has 2 saturated heterocycles. The molecule has 0 spiro atoms. The number of morpholine rings is 1. The van der Waals surface area contributed by atoms with Crippen LogP contribution in [-0.2, 0) is 9.53 Å². The van der Waals surface area contributed by atoms with Gasteiger partial charge < -0.3 is 14.4 Å². The fourth-order valence-electron chi connectivity index (χ4n) is 4.29. The molecular weight excluding hydrogens is 304 g/mol. The summed E-state index contributed by atoms with van der Waals surface area (Å²) in [7, 11) is 0. The lowest BCUT2D eigenvalue weighted by atomic mass is 9.99. The maximum Gasteiger partial charge on any atom is 0.236 e. The van der Waals surface area contributed by atoms with E-state index in [1.807, 2.05) is 30.3 Å². The lowest BCUT2D eigenvalue weighted by Crippen LogP contribution is -2.44. The van der Waals surface area contributed by atoms with Crippen molar-refractivity contribution >= 4 is 5.91 Å². The van der Waals surface area contributed by atoms with Gasteiger partial charge in [0.05, 0.1) is 19.8 Å². The number of ether oxygens (including phenoxy) is 2. The van der Waals surface area contributed by atoms with Crippen LogP contribution in [0.5, 0.6) is 5.75 Å². The van der Waals surface area contributed by atoms with E-state index in [9.17, 15) is 4.79 Å². The van der Waals surface area contributed by atoms with E-state index in [0.717, 1.165) is 51.6 Å². The Kier molecular flexibility index (Phi) is 4.72. The average Bonchev–Trinajstić information content (AvgIpc) is 3.19. The van der Waals surface area contributed by atoms with Crippen molar-refractivity contribution < 1.29 is 14.3 Å². The van der Waals surface area contributed by atoms with Gasteiger partial charge in [-0.1, -0.05) is 18.2 Å². The van der Waals surface area contributed by atoms with Crippen LogP contribution in [0.25, 0.3) is 0 Å². The molecule has 24 heavy (non-hydrogen) atoms. The number of carbonyl (C=O) groups is 1. The lowest BCUT2D eigenvalue weighted by Gasteiger charge is -2.28. The van der Waals surface area contributed by atoms with Crippen LogP contribution in [0.3, 0.4) is 0 Å². The summed E-state index contributed by atoms with van der Waals surface area (Å²) in [5, 5.41) is 0. The van der Waals surface area contributed by atoms with Crippen LogP contribution in [0.4, 0.5) is 0 Å². The molecule has 4 rings (SSSR count). The van der Waals surface area contributed by atoms with Gasteiger partial charge in [0, 0.05) is 32.1 Å². The first-order valence-electron chi connectivity index (χ1n) is 9.09. The van der Waals surface area contributed by atoms with Gasteiger partial charge in [-0.05, 0) is 30.9 Å². The van der Waals surface area contributed by atoms with Crippen molar-refractivity contribution in [3.05, 3.63) is 30.3 Å². The Morgan fingerprint density at radius 3 is 2.71 bits per heavy atom. The molecule has 3 fully saturated rings. The molecule has 1 saturated carbocycles. The fourth-order valence-corrected chi connectivity index (χ4v) is 4.29. The third-order valence-corrected chi connectivity index (χ3v) is 5.64. The molecule has 0 radical (unpaired) electrons. The smallest absolute Gasteiger partial charge is 0.236 e. The molecule has 3 aliphatic rings. The number of nitrogens with zero attached hydrogens (tertiary/aromatic N) is 2. The number of benzene rings is 1. The molecular formula is C19H26N2O3. The third-order valence-electron chi connectivity index (χ3n) is 5.64. The van der Waals surface area contributed by atoms with Crippen molar-refractivity contribution in [2.24, 2.45) is 11.8 Å². The van der Waals surface area contributed by atoms with E-state index in [1.165, 1.54) is 6.42 Å². The first kappa shape index (κ1) is 15.9. The van der Waals surface area contributed by atoms with E-state index in [-0.39, 0.29) is 12.0 Å². The van der Waals surface area contributed by atoms with E-state index in [1.54, 1.807) is 0 Å². The maximum absolute atomic E-state index is 12.6. The van der Waals surface area contributed by atoms with Gasteiger partial charge >= 0.3 is 0 Å². The Balaban J connectivity index is 1.32. The van der Waals surface area contributed by atoms with Gasteiger partial charge in [-0.25, -0.2) is 0 Å². The van der Waals surface area contributed by atoms with Crippen LogP contribution in [0, 0.1) is 11.8 Å². The van der Waals surface area contributed by atoms with Crippen molar-refractivity contribution in [1.82, 2.24) is 9.80 Å². The van der Waals surface area contributed by atoms with E-state index >= 15 is 0 Å². The summed E-state index contributed by atoms with van der Waals surface area (Å²) in [5.74, 6) is 2.30. The number of hydrogen-bond donors (Lipinski definition) is 0. The van der Waals surface area contributed by atoms with Crippen LogP contribution in [0.2, 0.25) is 0 Å². The largest absolute Gasteiger partial charge is 0.490 e. The molecule has 2 aliphatic heterocycles. The summed E-state index contributed by atoms with van der Waals surface area (Å²) in [6, 6.07) is 10.1.